The first-order chi connectivity index (χ1) is 28.4. The first kappa shape index (κ1) is 43.3. The van der Waals surface area contributed by atoms with Crippen molar-refractivity contribution in [3.63, 3.8) is 0 Å². The molecule has 4 aromatic rings. The van der Waals surface area contributed by atoms with Crippen LogP contribution in [0.15, 0.2) is 114 Å². The number of carboxylic acid groups (broad SMARTS) is 1. The minimum absolute atomic E-state index is 0.0266. The SMILES string of the molecule is COCCCN1/C(=C/C=C2\CCC(/C=C/C3=[N+](CCCOC)c4ccc5ccccc5c4C3(C)C)=C2O[Si](C)(C)C(C)(C)C)C(C)(C)c2c1ccc1cc(C(=O)O)ccc21. The highest BCUT2D eigenvalue weighted by molar-refractivity contribution is 6.74. The first-order valence-corrected chi connectivity index (χ1v) is 24.6. The fraction of sp³-hybridized carbons (Fsp3) is 0.423. The maximum atomic E-state index is 11.9. The van der Waals surface area contributed by atoms with Crippen LogP contribution in [-0.4, -0.2) is 70.2 Å². The second-order valence-electron chi connectivity index (χ2n) is 19.3. The van der Waals surface area contributed by atoms with Crippen LogP contribution in [0.1, 0.15) is 95.6 Å². The second-order valence-corrected chi connectivity index (χ2v) is 24.0. The van der Waals surface area contributed by atoms with Gasteiger partial charge in [-0.15, -0.1) is 0 Å². The first-order valence-electron chi connectivity index (χ1n) is 21.7. The van der Waals surface area contributed by atoms with Crippen LogP contribution < -0.4 is 4.90 Å². The molecule has 0 fully saturated rings. The summed E-state index contributed by atoms with van der Waals surface area (Å²) in [5.74, 6) is 0.120. The van der Waals surface area contributed by atoms with Gasteiger partial charge in [0.2, 0.25) is 5.69 Å². The van der Waals surface area contributed by atoms with Crippen molar-refractivity contribution in [3.05, 3.63) is 130 Å². The number of carboxylic acids is 1. The number of hydrogen-bond acceptors (Lipinski definition) is 5. The molecule has 4 aromatic carbocycles. The monoisotopic (exact) mass is 825 g/mol. The van der Waals surface area contributed by atoms with Crippen molar-refractivity contribution in [1.29, 1.82) is 0 Å². The number of carbonyl (C=O) groups is 1. The van der Waals surface area contributed by atoms with E-state index in [2.05, 4.69) is 144 Å². The van der Waals surface area contributed by atoms with E-state index in [1.807, 2.05) is 6.07 Å². The van der Waals surface area contributed by atoms with Gasteiger partial charge < -0.3 is 23.9 Å². The van der Waals surface area contributed by atoms with Crippen LogP contribution in [-0.2, 0) is 24.7 Å². The maximum Gasteiger partial charge on any atom is 0.335 e. The lowest BCUT2D eigenvalue weighted by Crippen LogP contribution is -2.40. The van der Waals surface area contributed by atoms with Crippen LogP contribution >= 0.6 is 0 Å². The Labute approximate surface area is 358 Å². The molecule has 0 bridgehead atoms. The van der Waals surface area contributed by atoms with Gasteiger partial charge in [0, 0.05) is 68.3 Å². The molecule has 2 aliphatic heterocycles. The molecule has 1 N–H and O–H groups in total. The minimum Gasteiger partial charge on any atom is -0.543 e. The van der Waals surface area contributed by atoms with Gasteiger partial charge in [0.05, 0.1) is 17.6 Å². The lowest BCUT2D eigenvalue weighted by atomic mass is 9.79. The van der Waals surface area contributed by atoms with Crippen LogP contribution in [0.5, 0.6) is 0 Å². The van der Waals surface area contributed by atoms with Crippen molar-refractivity contribution in [2.75, 3.05) is 45.4 Å². The van der Waals surface area contributed by atoms with Crippen molar-refractivity contribution in [2.45, 2.75) is 103 Å². The predicted octanol–water partition coefficient (Wildman–Crippen LogP) is 12.4. The molecule has 7 rings (SSSR count). The summed E-state index contributed by atoms with van der Waals surface area (Å²) in [7, 11) is 1.31. The van der Waals surface area contributed by atoms with Crippen LogP contribution in [0.2, 0.25) is 18.1 Å². The summed E-state index contributed by atoms with van der Waals surface area (Å²) in [5, 5.41) is 14.4. The van der Waals surface area contributed by atoms with Crippen LogP contribution in [0.4, 0.5) is 11.4 Å². The van der Waals surface area contributed by atoms with Gasteiger partial charge in [-0.2, -0.15) is 4.58 Å². The van der Waals surface area contributed by atoms with E-state index in [-0.39, 0.29) is 15.9 Å². The number of fused-ring (bicyclic) bond motifs is 6. The third-order valence-electron chi connectivity index (χ3n) is 13.6. The zero-order valence-corrected chi connectivity index (χ0v) is 38.8. The molecule has 0 amide bonds. The van der Waals surface area contributed by atoms with Crippen molar-refractivity contribution >= 4 is 52.9 Å². The highest BCUT2D eigenvalue weighted by atomic mass is 28.4. The van der Waals surface area contributed by atoms with Gasteiger partial charge in [-0.25, -0.2) is 4.79 Å². The molecule has 0 atom stereocenters. The van der Waals surface area contributed by atoms with E-state index >= 15 is 0 Å². The molecule has 0 saturated heterocycles. The molecular formula is C52H65N2O5Si+. The Balaban J connectivity index is 1.34. The molecule has 2 heterocycles. The lowest BCUT2D eigenvalue weighted by Gasteiger charge is -2.37. The Bertz CT molecular complexity index is 2490. The van der Waals surface area contributed by atoms with Gasteiger partial charge >= 0.3 is 5.97 Å². The largest absolute Gasteiger partial charge is 0.543 e. The number of rotatable bonds is 14. The molecule has 7 nitrogen and oxygen atoms in total. The summed E-state index contributed by atoms with van der Waals surface area (Å²) >= 11 is 0. The Morgan fingerprint density at radius 2 is 1.53 bits per heavy atom. The van der Waals surface area contributed by atoms with E-state index in [0.29, 0.717) is 18.8 Å². The van der Waals surface area contributed by atoms with E-state index < -0.39 is 14.3 Å². The van der Waals surface area contributed by atoms with Crippen LogP contribution in [0.3, 0.4) is 0 Å². The number of allylic oxidation sites excluding steroid dienone is 7. The number of ether oxygens (including phenoxy) is 2. The second kappa shape index (κ2) is 16.6. The van der Waals surface area contributed by atoms with E-state index in [9.17, 15) is 9.90 Å². The summed E-state index contributed by atoms with van der Waals surface area (Å²) < 4.78 is 20.9. The van der Waals surface area contributed by atoms with Crippen LogP contribution in [0.25, 0.3) is 21.5 Å². The number of benzene rings is 4. The summed E-state index contributed by atoms with van der Waals surface area (Å²) in [6, 6.07) is 23.1. The molecular weight excluding hydrogens is 761 g/mol. The van der Waals surface area contributed by atoms with Gasteiger partial charge in [0.1, 0.15) is 5.76 Å². The molecule has 0 radical (unpaired) electrons. The van der Waals surface area contributed by atoms with Crippen molar-refractivity contribution in [2.24, 2.45) is 0 Å². The van der Waals surface area contributed by atoms with Gasteiger partial charge in [-0.3, -0.25) is 0 Å². The highest BCUT2D eigenvalue weighted by Gasteiger charge is 2.46. The van der Waals surface area contributed by atoms with Crippen molar-refractivity contribution < 1.29 is 28.4 Å². The average molecular weight is 826 g/mol. The number of aromatic carboxylic acids is 1. The number of anilines is 1. The van der Waals surface area contributed by atoms with Gasteiger partial charge in [-0.1, -0.05) is 77.1 Å². The zero-order chi connectivity index (χ0) is 43.2. The fourth-order valence-electron chi connectivity index (χ4n) is 9.40. The van der Waals surface area contributed by atoms with Gasteiger partial charge in [-0.05, 0) is 126 Å². The standard InChI is InChI=1S/C52H64N2O5Si/c1-50(2,3)60(10,11)59-48-36(23-28-44-51(4,5)46-40-17-13-12-16-35(40)21-26-42(46)53(44)30-14-32-57-8)18-19-37(48)24-29-45-52(6,7)47-41-25-20-39(49(55)56)34-38(41)22-27-43(47)54(45)31-15-33-58-9/h12-13,16-17,20-29,34H,14-15,18-19,30-33H2,1-11H3/p+1. The van der Waals surface area contributed by atoms with E-state index in [1.54, 1.807) is 26.4 Å². The van der Waals surface area contributed by atoms with Gasteiger partial charge in [0.25, 0.3) is 8.32 Å². The molecule has 316 valence electrons. The quantitative estimate of drug-likeness (QED) is 0.0776. The summed E-state index contributed by atoms with van der Waals surface area (Å²) in [5.41, 5.74) is 9.79. The Kier molecular flexibility index (Phi) is 12.0. The molecule has 60 heavy (non-hydrogen) atoms. The number of methoxy groups -OCH3 is 2. The third kappa shape index (κ3) is 7.83. The Morgan fingerprint density at radius 3 is 2.25 bits per heavy atom. The highest BCUT2D eigenvalue weighted by Crippen LogP contribution is 2.52. The maximum absolute atomic E-state index is 11.9. The summed E-state index contributed by atoms with van der Waals surface area (Å²) in [6.07, 6.45) is 13.0. The summed E-state index contributed by atoms with van der Waals surface area (Å²) in [6.45, 7) is 24.0. The molecule has 0 saturated carbocycles. The van der Waals surface area contributed by atoms with Crippen molar-refractivity contribution in [3.8, 4) is 0 Å². The van der Waals surface area contributed by atoms with E-state index in [0.717, 1.165) is 55.3 Å². The topological polar surface area (TPSA) is 71.2 Å². The zero-order valence-electron chi connectivity index (χ0n) is 37.8. The van der Waals surface area contributed by atoms with Gasteiger partial charge in [0.15, 0.2) is 12.3 Å². The normalized spacial score (nSPS) is 18.9. The molecule has 0 unspecified atom stereocenters. The molecule has 1 aliphatic carbocycles. The Hall–Kier alpha value is -4.76. The molecule has 8 heteroatoms. The smallest absolute Gasteiger partial charge is 0.335 e. The minimum atomic E-state index is -2.23. The van der Waals surface area contributed by atoms with Crippen molar-refractivity contribution in [1.82, 2.24) is 0 Å². The van der Waals surface area contributed by atoms with Crippen LogP contribution in [0, 0.1) is 0 Å². The number of nitrogens with zero attached hydrogens (tertiary/aromatic N) is 2. The third-order valence-corrected chi connectivity index (χ3v) is 17.9. The van der Waals surface area contributed by atoms with E-state index in [1.165, 1.54) is 55.8 Å². The lowest BCUT2D eigenvalue weighted by molar-refractivity contribution is -0.438. The Morgan fingerprint density at radius 1 is 0.833 bits per heavy atom. The number of hydrogen-bond donors (Lipinski definition) is 1. The predicted molar refractivity (Wildman–Crippen MR) is 251 cm³/mol. The summed E-state index contributed by atoms with van der Waals surface area (Å²) in [4.78, 5) is 14.3. The fourth-order valence-corrected chi connectivity index (χ4v) is 10.5. The molecule has 0 spiro atoms. The molecule has 0 aromatic heterocycles. The van der Waals surface area contributed by atoms with E-state index in [4.69, 9.17) is 13.9 Å². The average Bonchev–Trinajstić information content (AvgIpc) is 3.75. The molecule has 3 aliphatic rings.